The molecule has 4 nitrogen and oxygen atoms in total. The molecule has 94 valence electrons. The van der Waals surface area contributed by atoms with Crippen LogP contribution in [0, 0.1) is 5.82 Å². The monoisotopic (exact) mass is 256 g/mol. The van der Waals surface area contributed by atoms with E-state index in [2.05, 4.69) is 14.9 Å². The number of carbonyl (C=O) groups is 1. The van der Waals surface area contributed by atoms with Crippen LogP contribution in [0.25, 0.3) is 11.3 Å². The van der Waals surface area contributed by atoms with Crippen molar-refractivity contribution in [3.63, 3.8) is 0 Å². The lowest BCUT2D eigenvalue weighted by molar-refractivity contribution is -0.0496. The Hall–Kier alpha value is -2.31. The zero-order valence-corrected chi connectivity index (χ0v) is 8.86. The van der Waals surface area contributed by atoms with Crippen molar-refractivity contribution in [1.82, 2.24) is 10.2 Å². The lowest BCUT2D eigenvalue weighted by Crippen LogP contribution is -2.04. The molecule has 7 heteroatoms. The molecule has 0 unspecified atom stereocenters. The Labute approximate surface area is 99.4 Å². The highest BCUT2D eigenvalue weighted by Crippen LogP contribution is 2.32. The second-order valence-electron chi connectivity index (χ2n) is 3.34. The average Bonchev–Trinajstić information content (AvgIpc) is 2.76. The number of hydrogen-bond donors (Lipinski definition) is 1. The molecule has 0 aliphatic carbocycles. The first-order valence-electron chi connectivity index (χ1n) is 4.85. The van der Waals surface area contributed by atoms with Gasteiger partial charge in [-0.3, -0.25) is 9.89 Å². The van der Waals surface area contributed by atoms with Crippen molar-refractivity contribution in [3.8, 4) is 17.0 Å². The average molecular weight is 256 g/mol. The summed E-state index contributed by atoms with van der Waals surface area (Å²) in [5, 5.41) is 6.10. The van der Waals surface area contributed by atoms with Crippen molar-refractivity contribution < 1.29 is 22.7 Å². The summed E-state index contributed by atoms with van der Waals surface area (Å²) in [6.07, 6.45) is 1.74. The Morgan fingerprint density at radius 2 is 2.17 bits per heavy atom. The molecule has 2 aromatic rings. The van der Waals surface area contributed by atoms with E-state index >= 15 is 0 Å². The lowest BCUT2D eigenvalue weighted by Gasteiger charge is -2.09. The van der Waals surface area contributed by atoms with Gasteiger partial charge < -0.3 is 4.74 Å². The predicted octanol–water partition coefficient (Wildman–Crippen LogP) is 2.63. The summed E-state index contributed by atoms with van der Waals surface area (Å²) in [6, 6.07) is 3.12. The van der Waals surface area contributed by atoms with Crippen molar-refractivity contribution in [3.05, 3.63) is 35.8 Å². The van der Waals surface area contributed by atoms with Gasteiger partial charge in [-0.15, -0.1) is 0 Å². The van der Waals surface area contributed by atoms with Crippen LogP contribution in [0.4, 0.5) is 13.2 Å². The highest BCUT2D eigenvalue weighted by Gasteiger charge is 2.16. The van der Waals surface area contributed by atoms with Crippen molar-refractivity contribution in [2.45, 2.75) is 6.61 Å². The summed E-state index contributed by atoms with van der Waals surface area (Å²) >= 11 is 0. The van der Waals surface area contributed by atoms with Crippen molar-refractivity contribution in [2.24, 2.45) is 0 Å². The number of benzene rings is 1. The highest BCUT2D eigenvalue weighted by atomic mass is 19.3. The molecule has 1 N–H and O–H groups in total. The minimum Gasteiger partial charge on any atom is -0.434 e. The fourth-order valence-electron chi connectivity index (χ4n) is 1.50. The van der Waals surface area contributed by atoms with Crippen LogP contribution in [0.3, 0.4) is 0 Å². The maximum atomic E-state index is 13.0. The van der Waals surface area contributed by atoms with E-state index in [0.717, 1.165) is 12.1 Å². The van der Waals surface area contributed by atoms with Gasteiger partial charge in [0, 0.05) is 11.6 Å². The Morgan fingerprint density at radius 3 is 2.83 bits per heavy atom. The largest absolute Gasteiger partial charge is 0.434 e. The number of nitrogens with one attached hydrogen (secondary N) is 1. The zero-order valence-electron chi connectivity index (χ0n) is 8.86. The van der Waals surface area contributed by atoms with E-state index in [1.807, 2.05) is 0 Å². The number of carbonyl (C=O) groups excluding carboxylic acids is 1. The molecule has 1 aromatic heterocycles. The molecule has 0 radical (unpaired) electrons. The summed E-state index contributed by atoms with van der Waals surface area (Å²) in [6.45, 7) is -3.09. The molecule has 0 amide bonds. The van der Waals surface area contributed by atoms with E-state index in [1.54, 1.807) is 0 Å². The third-order valence-electron chi connectivity index (χ3n) is 2.22. The van der Waals surface area contributed by atoms with Crippen molar-refractivity contribution >= 4 is 6.29 Å². The van der Waals surface area contributed by atoms with Gasteiger partial charge in [0.25, 0.3) is 0 Å². The van der Waals surface area contributed by atoms with Gasteiger partial charge >= 0.3 is 6.61 Å². The summed E-state index contributed by atoms with van der Waals surface area (Å²) in [7, 11) is 0. The predicted molar refractivity (Wildman–Crippen MR) is 56.0 cm³/mol. The number of aromatic amines is 1. The number of alkyl halides is 2. The number of rotatable bonds is 4. The van der Waals surface area contributed by atoms with Crippen molar-refractivity contribution in [2.75, 3.05) is 0 Å². The third-order valence-corrected chi connectivity index (χ3v) is 2.22. The van der Waals surface area contributed by atoms with Crippen LogP contribution >= 0.6 is 0 Å². The number of H-pyrrole nitrogens is 1. The molecule has 0 spiro atoms. The maximum absolute atomic E-state index is 13.0. The number of aromatic nitrogens is 2. The van der Waals surface area contributed by atoms with E-state index in [9.17, 15) is 18.0 Å². The Bertz CT molecular complexity index is 569. The van der Waals surface area contributed by atoms with Crippen LogP contribution in [0.1, 0.15) is 10.4 Å². The van der Waals surface area contributed by atoms with Gasteiger partial charge in [0.1, 0.15) is 11.6 Å². The molecule has 1 heterocycles. The standard InChI is InChI=1S/C11H7F3N2O2/c12-7-1-2-8(9(3-7)18-11(13)14)10-6(5-17)4-15-16-10/h1-5,11H,(H,15,16). The Morgan fingerprint density at radius 1 is 1.39 bits per heavy atom. The van der Waals surface area contributed by atoms with Gasteiger partial charge in [0.05, 0.1) is 17.5 Å². The van der Waals surface area contributed by atoms with Gasteiger partial charge in [0.15, 0.2) is 6.29 Å². The van der Waals surface area contributed by atoms with Crippen LogP contribution in [-0.4, -0.2) is 23.1 Å². The first-order chi connectivity index (χ1) is 8.61. The van der Waals surface area contributed by atoms with Gasteiger partial charge in [-0.1, -0.05) is 0 Å². The zero-order chi connectivity index (χ0) is 13.1. The topological polar surface area (TPSA) is 55.0 Å². The molecular weight excluding hydrogens is 249 g/mol. The smallest absolute Gasteiger partial charge is 0.387 e. The van der Waals surface area contributed by atoms with E-state index in [1.165, 1.54) is 12.3 Å². The molecule has 0 bridgehead atoms. The number of aldehydes is 1. The first-order valence-corrected chi connectivity index (χ1v) is 4.85. The van der Waals surface area contributed by atoms with E-state index in [0.29, 0.717) is 6.29 Å². The van der Waals surface area contributed by atoms with E-state index in [-0.39, 0.29) is 22.6 Å². The van der Waals surface area contributed by atoms with Crippen LogP contribution in [-0.2, 0) is 0 Å². The van der Waals surface area contributed by atoms with Gasteiger partial charge in [0.2, 0.25) is 0 Å². The lowest BCUT2D eigenvalue weighted by atomic mass is 10.1. The Balaban J connectivity index is 2.53. The van der Waals surface area contributed by atoms with E-state index < -0.39 is 12.4 Å². The minimum absolute atomic E-state index is 0.135. The summed E-state index contributed by atoms with van der Waals surface area (Å²) in [5.41, 5.74) is 0.498. The molecular formula is C11H7F3N2O2. The molecule has 0 aliphatic heterocycles. The molecule has 0 saturated carbocycles. The third kappa shape index (κ3) is 2.34. The fourth-order valence-corrected chi connectivity index (χ4v) is 1.50. The second-order valence-corrected chi connectivity index (χ2v) is 3.34. The number of hydrogen-bond acceptors (Lipinski definition) is 3. The molecule has 2 rings (SSSR count). The van der Waals surface area contributed by atoms with Crippen molar-refractivity contribution in [1.29, 1.82) is 0 Å². The first kappa shape index (κ1) is 12.2. The number of halogens is 3. The Kier molecular flexibility index (Phi) is 3.31. The van der Waals surface area contributed by atoms with E-state index in [4.69, 9.17) is 0 Å². The quantitative estimate of drug-likeness (QED) is 0.855. The summed E-state index contributed by atoms with van der Waals surface area (Å²) in [5.74, 6) is -1.08. The fraction of sp³-hybridized carbons (Fsp3) is 0.0909. The molecule has 0 fully saturated rings. The number of ether oxygens (including phenoxy) is 1. The number of nitrogens with zero attached hydrogens (tertiary/aromatic N) is 1. The van der Waals surface area contributed by atoms with Gasteiger partial charge in [-0.05, 0) is 12.1 Å². The van der Waals surface area contributed by atoms with Crippen LogP contribution in [0.2, 0.25) is 0 Å². The minimum atomic E-state index is -3.09. The molecule has 0 atom stereocenters. The molecule has 1 aromatic carbocycles. The van der Waals surface area contributed by atoms with Crippen LogP contribution in [0.15, 0.2) is 24.4 Å². The maximum Gasteiger partial charge on any atom is 0.387 e. The highest BCUT2D eigenvalue weighted by molar-refractivity contribution is 5.86. The van der Waals surface area contributed by atoms with Gasteiger partial charge in [-0.25, -0.2) is 4.39 Å². The second kappa shape index (κ2) is 4.91. The van der Waals surface area contributed by atoms with Crippen LogP contribution in [0.5, 0.6) is 5.75 Å². The molecule has 18 heavy (non-hydrogen) atoms. The summed E-state index contributed by atoms with van der Waals surface area (Å²) < 4.78 is 41.6. The SMILES string of the molecule is O=Cc1cn[nH]c1-c1ccc(F)cc1OC(F)F. The van der Waals surface area contributed by atoms with Crippen LogP contribution < -0.4 is 4.74 Å². The van der Waals surface area contributed by atoms with Gasteiger partial charge in [-0.2, -0.15) is 13.9 Å². The molecule has 0 saturated heterocycles. The molecule has 0 aliphatic rings. The summed E-state index contributed by atoms with van der Waals surface area (Å²) in [4.78, 5) is 10.7. The normalized spacial score (nSPS) is 10.7.